The van der Waals surface area contributed by atoms with E-state index >= 15 is 0 Å². The van der Waals surface area contributed by atoms with E-state index in [0.29, 0.717) is 0 Å². The van der Waals surface area contributed by atoms with Gasteiger partial charge in [-0.1, -0.05) is 0 Å². The number of hydrogen-bond donors (Lipinski definition) is 0. The Morgan fingerprint density at radius 1 is 1.14 bits per heavy atom. The first-order valence-electron chi connectivity index (χ1n) is 1.56. The van der Waals surface area contributed by atoms with Crippen molar-refractivity contribution in [2.75, 3.05) is 0 Å². The van der Waals surface area contributed by atoms with Crippen molar-refractivity contribution in [2.45, 2.75) is 18.6 Å². The summed E-state index contributed by atoms with van der Waals surface area (Å²) in [5.74, 6) is 0. The van der Waals surface area contributed by atoms with E-state index in [1.165, 1.54) is 11.7 Å². The molecule has 0 N–H and O–H groups in total. The largest absolute Gasteiger partial charge is 0.147 e. The maximum absolute atomic E-state index is 2.18. The van der Waals surface area contributed by atoms with Gasteiger partial charge in [-0.05, 0) is 0 Å². The molecule has 0 fully saturated rings. The zero-order valence-electron chi connectivity index (χ0n) is 4.14. The van der Waals surface area contributed by atoms with E-state index in [0.717, 1.165) is 0 Å². The molecule has 47 valence electrons. The van der Waals surface area contributed by atoms with Gasteiger partial charge in [-0.2, -0.15) is 0 Å². The first-order valence-corrected chi connectivity index (χ1v) is 3.04. The summed E-state index contributed by atoms with van der Waals surface area (Å²) in [7, 11) is 0. The standard InChI is InChI=1S/C3H7Ge.3ClH/c1-2-3-4;;;/h2-3H2,1H3;3*1H. The Balaban J connectivity index is -0.0000000150. The Kier molecular flexibility index (Phi) is 88.8. The normalized spacial score (nSPS) is 4.29. The number of halogens is 3. The van der Waals surface area contributed by atoms with Crippen molar-refractivity contribution in [1.82, 2.24) is 0 Å². The predicted octanol–water partition coefficient (Wildman–Crippen LogP) is 2.25. The first kappa shape index (κ1) is 23.7. The van der Waals surface area contributed by atoms with Gasteiger partial charge in [0.2, 0.25) is 0 Å². The third kappa shape index (κ3) is 37.3. The van der Waals surface area contributed by atoms with E-state index in [2.05, 4.69) is 23.4 Å². The molecule has 0 spiro atoms. The van der Waals surface area contributed by atoms with Gasteiger partial charge in [0.05, 0.1) is 0 Å². The molecule has 0 aliphatic carbocycles. The first-order chi connectivity index (χ1) is 1.91. The third-order valence-corrected chi connectivity index (χ3v) is 1.30. The van der Waals surface area contributed by atoms with Gasteiger partial charge >= 0.3 is 35.1 Å². The van der Waals surface area contributed by atoms with Gasteiger partial charge in [-0.3, -0.25) is 0 Å². The van der Waals surface area contributed by atoms with Crippen LogP contribution in [0, 0.1) is 0 Å². The maximum Gasteiger partial charge on any atom is -0.147 e. The molecule has 0 aromatic heterocycles. The summed E-state index contributed by atoms with van der Waals surface area (Å²) in [5.41, 5.74) is 0. The summed E-state index contributed by atoms with van der Waals surface area (Å²) in [6.45, 7) is 2.18. The topological polar surface area (TPSA) is 0 Å². The molecule has 7 heavy (non-hydrogen) atoms. The van der Waals surface area contributed by atoms with Gasteiger partial charge in [0.1, 0.15) is 0 Å². The smallest absolute Gasteiger partial charge is 0.147 e. The predicted molar refractivity (Wildman–Crippen MR) is 42.6 cm³/mol. The summed E-state index contributed by atoms with van der Waals surface area (Å²) in [6.07, 6.45) is 1.32. The van der Waals surface area contributed by atoms with Crippen LogP contribution in [0.4, 0.5) is 0 Å². The minimum Gasteiger partial charge on any atom is -0.147 e. The Morgan fingerprint density at radius 2 is 1.29 bits per heavy atom. The molecule has 3 radical (unpaired) electrons. The van der Waals surface area contributed by atoms with E-state index in [9.17, 15) is 0 Å². The van der Waals surface area contributed by atoms with Gasteiger partial charge in [-0.25, -0.2) is 0 Å². The minimum absolute atomic E-state index is 0. The molecule has 0 aliphatic rings. The Bertz CT molecular complexity index is 12.1. The van der Waals surface area contributed by atoms with Crippen molar-refractivity contribution in [1.29, 1.82) is 0 Å². The molecular weight excluding hydrogens is 215 g/mol. The fourth-order valence-electron chi connectivity index (χ4n) is 0. The van der Waals surface area contributed by atoms with Crippen LogP contribution in [0.25, 0.3) is 0 Å². The Morgan fingerprint density at radius 3 is 1.29 bits per heavy atom. The molecule has 0 aromatic rings. The zero-order chi connectivity index (χ0) is 3.41. The summed E-state index contributed by atoms with van der Waals surface area (Å²) >= 11 is 2.18. The second kappa shape index (κ2) is 26.2. The van der Waals surface area contributed by atoms with Crippen molar-refractivity contribution in [3.05, 3.63) is 0 Å². The van der Waals surface area contributed by atoms with Gasteiger partial charge < -0.3 is 0 Å². The van der Waals surface area contributed by atoms with Gasteiger partial charge in [0.15, 0.2) is 0 Å². The molecule has 0 heterocycles. The van der Waals surface area contributed by atoms with Gasteiger partial charge in [-0.15, -0.1) is 37.2 Å². The van der Waals surface area contributed by atoms with Crippen molar-refractivity contribution < 1.29 is 0 Å². The maximum atomic E-state index is 2.18. The van der Waals surface area contributed by atoms with Crippen LogP contribution in [0.3, 0.4) is 0 Å². The van der Waals surface area contributed by atoms with Crippen LogP contribution >= 0.6 is 37.2 Å². The Labute approximate surface area is 72.3 Å². The fraction of sp³-hybridized carbons (Fsp3) is 1.00. The van der Waals surface area contributed by atoms with E-state index < -0.39 is 0 Å². The van der Waals surface area contributed by atoms with E-state index in [1.54, 1.807) is 0 Å². The van der Waals surface area contributed by atoms with Crippen LogP contribution in [0.5, 0.6) is 0 Å². The van der Waals surface area contributed by atoms with Crippen LogP contribution in [0.15, 0.2) is 0 Å². The van der Waals surface area contributed by atoms with Crippen LogP contribution in [0.2, 0.25) is 5.25 Å². The second-order valence-electron chi connectivity index (χ2n) is 0.750. The molecule has 0 rings (SSSR count). The molecule has 0 aliphatic heterocycles. The molecule has 0 aromatic carbocycles. The van der Waals surface area contributed by atoms with Crippen LogP contribution in [-0.2, 0) is 0 Å². The molecule has 0 saturated heterocycles. The molecular formula is C3H10Cl3Ge. The molecule has 0 bridgehead atoms. The molecule has 0 nitrogen and oxygen atoms in total. The SMILES string of the molecule is CC[CH2][Ge].Cl.Cl.Cl. The number of rotatable bonds is 1. The summed E-state index contributed by atoms with van der Waals surface area (Å²) in [6, 6.07) is 0. The van der Waals surface area contributed by atoms with Gasteiger partial charge in [0.25, 0.3) is 0 Å². The van der Waals surface area contributed by atoms with Crippen LogP contribution < -0.4 is 0 Å². The zero-order valence-corrected chi connectivity index (χ0v) is 8.69. The molecule has 0 saturated carbocycles. The monoisotopic (exact) mass is 225 g/mol. The molecule has 4 heteroatoms. The quantitative estimate of drug-likeness (QED) is 0.600. The molecule has 0 amide bonds. The van der Waals surface area contributed by atoms with E-state index in [-0.39, 0.29) is 37.2 Å². The van der Waals surface area contributed by atoms with Crippen molar-refractivity contribution in [3.8, 4) is 0 Å². The fourth-order valence-corrected chi connectivity index (χ4v) is 0. The average Bonchev–Trinajstić information content (AvgIpc) is 1.37. The summed E-state index contributed by atoms with van der Waals surface area (Å²) < 4.78 is 0. The van der Waals surface area contributed by atoms with Crippen molar-refractivity contribution >= 4 is 53.7 Å². The number of hydrogen-bond acceptors (Lipinski definition) is 0. The third-order valence-electron chi connectivity index (χ3n) is 0.250. The van der Waals surface area contributed by atoms with Crippen molar-refractivity contribution in [3.63, 3.8) is 0 Å². The molecule has 0 unspecified atom stereocenters. The van der Waals surface area contributed by atoms with E-state index in [1.807, 2.05) is 0 Å². The minimum atomic E-state index is 0. The van der Waals surface area contributed by atoms with Crippen LogP contribution in [-0.4, -0.2) is 16.5 Å². The summed E-state index contributed by atoms with van der Waals surface area (Å²) in [4.78, 5) is 0. The average molecular weight is 225 g/mol. The second-order valence-corrected chi connectivity index (χ2v) is 1.80. The van der Waals surface area contributed by atoms with Crippen molar-refractivity contribution in [2.24, 2.45) is 0 Å². The van der Waals surface area contributed by atoms with Crippen LogP contribution in [0.1, 0.15) is 13.3 Å². The molecule has 0 atom stereocenters. The van der Waals surface area contributed by atoms with E-state index in [4.69, 9.17) is 0 Å². The van der Waals surface area contributed by atoms with Gasteiger partial charge in [0, 0.05) is 0 Å². The summed E-state index contributed by atoms with van der Waals surface area (Å²) in [5, 5.41) is 1.32. The Hall–Kier alpha value is 1.41.